The number of rotatable bonds is 3. The number of nitrogens with zero attached hydrogens (tertiary/aromatic N) is 1. The number of fused-ring (bicyclic) bond motifs is 1. The van der Waals surface area contributed by atoms with Crippen LogP contribution in [0.4, 0.5) is 5.69 Å². The van der Waals surface area contributed by atoms with E-state index < -0.39 is 0 Å². The number of H-pyrrole nitrogens is 1. The second-order valence-electron chi connectivity index (χ2n) is 7.32. The van der Waals surface area contributed by atoms with E-state index in [0.717, 1.165) is 28.1 Å². The lowest BCUT2D eigenvalue weighted by Crippen LogP contribution is -2.22. The van der Waals surface area contributed by atoms with Crippen molar-refractivity contribution in [1.29, 1.82) is 0 Å². The average molecular weight is 416 g/mol. The van der Waals surface area contributed by atoms with Crippen molar-refractivity contribution >= 4 is 34.7 Å². The fourth-order valence-electron chi connectivity index (χ4n) is 3.46. The Labute approximate surface area is 179 Å². The highest BCUT2D eigenvalue weighted by Crippen LogP contribution is 2.19. The third-order valence-electron chi connectivity index (χ3n) is 5.37. The van der Waals surface area contributed by atoms with Gasteiger partial charge in [-0.2, -0.15) is 0 Å². The molecule has 1 aromatic heterocycles. The molecule has 3 aromatic carbocycles. The lowest BCUT2D eigenvalue weighted by molar-refractivity contribution is 0.102. The summed E-state index contributed by atoms with van der Waals surface area (Å²) in [4.78, 5) is 29.0. The molecule has 4 rings (SSSR count). The molecule has 0 atom stereocenters. The minimum Gasteiger partial charge on any atom is -0.331 e. The first-order valence-corrected chi connectivity index (χ1v) is 10.0. The number of anilines is 1. The second-order valence-corrected chi connectivity index (χ2v) is 7.71. The zero-order chi connectivity index (χ0) is 21.4. The van der Waals surface area contributed by atoms with Gasteiger partial charge in [-0.1, -0.05) is 30.3 Å². The van der Waals surface area contributed by atoms with Crippen LogP contribution in [0, 0.1) is 25.5 Å². The second kappa shape index (κ2) is 7.72. The van der Waals surface area contributed by atoms with E-state index in [4.69, 9.17) is 12.2 Å². The Kier molecular flexibility index (Phi) is 5.10. The molecule has 5 nitrogen and oxygen atoms in total. The molecule has 0 radical (unpaired) electrons. The fraction of sp³-hybridized carbons (Fsp3) is 0.125. The highest BCUT2D eigenvalue weighted by molar-refractivity contribution is 7.71. The van der Waals surface area contributed by atoms with Crippen LogP contribution in [0.15, 0.2) is 65.5 Å². The summed E-state index contributed by atoms with van der Waals surface area (Å²) in [5.74, 6) is -0.246. The maximum absolute atomic E-state index is 13.2. The molecular formula is C24H21N3O2S. The first-order valence-electron chi connectivity index (χ1n) is 9.59. The largest absolute Gasteiger partial charge is 0.331 e. The monoisotopic (exact) mass is 415 g/mol. The van der Waals surface area contributed by atoms with Gasteiger partial charge in [0.15, 0.2) is 4.77 Å². The maximum Gasteiger partial charge on any atom is 0.266 e. The van der Waals surface area contributed by atoms with Gasteiger partial charge in [-0.05, 0) is 80.0 Å². The van der Waals surface area contributed by atoms with Gasteiger partial charge in [-0.25, -0.2) is 0 Å². The summed E-state index contributed by atoms with van der Waals surface area (Å²) in [6.07, 6.45) is 0. The summed E-state index contributed by atoms with van der Waals surface area (Å²) >= 11 is 5.49. The third-order valence-corrected chi connectivity index (χ3v) is 5.65. The topological polar surface area (TPSA) is 66.9 Å². The van der Waals surface area contributed by atoms with Crippen LogP contribution >= 0.6 is 12.2 Å². The smallest absolute Gasteiger partial charge is 0.266 e. The number of aromatic amines is 1. The Balaban J connectivity index is 1.79. The van der Waals surface area contributed by atoms with Crippen LogP contribution in [0.3, 0.4) is 0 Å². The molecule has 150 valence electrons. The van der Waals surface area contributed by atoms with Gasteiger partial charge < -0.3 is 10.3 Å². The molecule has 0 unspecified atom stereocenters. The Morgan fingerprint density at radius 1 is 0.967 bits per heavy atom. The maximum atomic E-state index is 13.2. The minimum absolute atomic E-state index is 0.215. The van der Waals surface area contributed by atoms with E-state index in [1.54, 1.807) is 18.2 Å². The quantitative estimate of drug-likeness (QED) is 0.451. The van der Waals surface area contributed by atoms with E-state index in [1.165, 1.54) is 4.57 Å². The van der Waals surface area contributed by atoms with Crippen LogP contribution in [0.5, 0.6) is 0 Å². The van der Waals surface area contributed by atoms with E-state index in [-0.39, 0.29) is 16.2 Å². The number of hydrogen-bond donors (Lipinski definition) is 2. The molecule has 0 fully saturated rings. The van der Waals surface area contributed by atoms with Crippen LogP contribution in [0.25, 0.3) is 16.6 Å². The summed E-state index contributed by atoms with van der Waals surface area (Å²) in [6.45, 7) is 5.90. The number of amides is 1. The predicted octanol–water partition coefficient (Wildman–Crippen LogP) is 5.23. The normalized spacial score (nSPS) is 10.9. The van der Waals surface area contributed by atoms with Crippen LogP contribution in [-0.4, -0.2) is 15.5 Å². The molecule has 0 saturated carbocycles. The van der Waals surface area contributed by atoms with Crippen LogP contribution in [0.1, 0.15) is 27.0 Å². The predicted molar refractivity (Wildman–Crippen MR) is 123 cm³/mol. The van der Waals surface area contributed by atoms with Crippen LogP contribution in [0.2, 0.25) is 0 Å². The molecule has 4 aromatic rings. The lowest BCUT2D eigenvalue weighted by atomic mass is 10.1. The molecule has 2 N–H and O–H groups in total. The van der Waals surface area contributed by atoms with Crippen LogP contribution < -0.4 is 10.9 Å². The molecule has 0 bridgehead atoms. The van der Waals surface area contributed by atoms with Gasteiger partial charge in [0, 0.05) is 11.3 Å². The summed E-state index contributed by atoms with van der Waals surface area (Å²) in [5, 5.41) is 3.38. The molecule has 0 aliphatic rings. The third kappa shape index (κ3) is 3.46. The molecule has 0 aliphatic heterocycles. The Bertz CT molecular complexity index is 1420. The van der Waals surface area contributed by atoms with Gasteiger partial charge in [0.2, 0.25) is 0 Å². The molecule has 1 heterocycles. The number of hydrogen-bond acceptors (Lipinski definition) is 3. The van der Waals surface area contributed by atoms with Gasteiger partial charge >= 0.3 is 0 Å². The van der Waals surface area contributed by atoms with Crippen molar-refractivity contribution in [2.75, 3.05) is 5.32 Å². The number of carbonyl (C=O) groups excluding carboxylic acids is 1. The lowest BCUT2D eigenvalue weighted by Gasteiger charge is -2.13. The van der Waals surface area contributed by atoms with E-state index in [9.17, 15) is 9.59 Å². The van der Waals surface area contributed by atoms with E-state index in [2.05, 4.69) is 10.3 Å². The first kappa shape index (κ1) is 19.8. The molecule has 30 heavy (non-hydrogen) atoms. The van der Waals surface area contributed by atoms with Gasteiger partial charge in [-0.15, -0.1) is 0 Å². The summed E-state index contributed by atoms with van der Waals surface area (Å²) < 4.78 is 1.80. The molecule has 0 spiro atoms. The number of para-hydroxylation sites is 1. The number of aromatic nitrogens is 2. The first-order chi connectivity index (χ1) is 14.4. The zero-order valence-electron chi connectivity index (χ0n) is 16.9. The molecular weight excluding hydrogens is 394 g/mol. The highest BCUT2D eigenvalue weighted by atomic mass is 32.1. The van der Waals surface area contributed by atoms with Crippen molar-refractivity contribution in [3.63, 3.8) is 0 Å². The average Bonchev–Trinajstić information content (AvgIpc) is 2.72. The number of benzene rings is 3. The van der Waals surface area contributed by atoms with Crippen molar-refractivity contribution in [3.8, 4) is 5.69 Å². The fourth-order valence-corrected chi connectivity index (χ4v) is 3.75. The Morgan fingerprint density at radius 2 is 1.70 bits per heavy atom. The number of carbonyl (C=O) groups is 1. The van der Waals surface area contributed by atoms with Crippen LogP contribution in [-0.2, 0) is 0 Å². The highest BCUT2D eigenvalue weighted by Gasteiger charge is 2.13. The molecule has 1 amide bonds. The van der Waals surface area contributed by atoms with E-state index in [1.807, 2.05) is 63.2 Å². The molecule has 0 saturated heterocycles. The Morgan fingerprint density at radius 3 is 2.47 bits per heavy atom. The van der Waals surface area contributed by atoms with Crippen molar-refractivity contribution in [1.82, 2.24) is 9.55 Å². The summed E-state index contributed by atoms with van der Waals surface area (Å²) in [5.41, 5.74) is 5.32. The van der Waals surface area contributed by atoms with Gasteiger partial charge in [0.25, 0.3) is 11.5 Å². The van der Waals surface area contributed by atoms with E-state index in [0.29, 0.717) is 16.5 Å². The van der Waals surface area contributed by atoms with Crippen molar-refractivity contribution in [2.24, 2.45) is 0 Å². The number of aryl methyl sites for hydroxylation is 2. The summed E-state index contributed by atoms with van der Waals surface area (Å²) in [7, 11) is 0. The minimum atomic E-state index is -0.246. The zero-order valence-corrected chi connectivity index (χ0v) is 17.8. The summed E-state index contributed by atoms with van der Waals surface area (Å²) in [6, 6.07) is 18.3. The van der Waals surface area contributed by atoms with Gasteiger partial charge in [0.1, 0.15) is 0 Å². The standard InChI is InChI=1S/C24H21N3O2S/c1-14-8-6-10-21(16(14)3)27-23(29)18-12-11-17(13-20(18)26-24(27)30)22(28)25-19-9-5-4-7-15(19)2/h4-13H,1-3H3,(H,25,28)(H,26,30). The van der Waals surface area contributed by atoms with E-state index >= 15 is 0 Å². The Hall–Kier alpha value is -3.51. The van der Waals surface area contributed by atoms with Crippen molar-refractivity contribution < 1.29 is 4.79 Å². The van der Waals surface area contributed by atoms with Crippen molar-refractivity contribution in [2.45, 2.75) is 20.8 Å². The van der Waals surface area contributed by atoms with Crippen molar-refractivity contribution in [3.05, 3.63) is 98.0 Å². The molecule has 0 aliphatic carbocycles. The van der Waals surface area contributed by atoms with Gasteiger partial charge in [-0.3, -0.25) is 14.2 Å². The number of nitrogens with one attached hydrogen (secondary N) is 2. The molecule has 6 heteroatoms. The van der Waals surface area contributed by atoms with Gasteiger partial charge in [0.05, 0.1) is 16.6 Å². The SMILES string of the molecule is Cc1ccccc1NC(=O)c1ccc2c(=O)n(-c3cccc(C)c3C)c(=S)[nH]c2c1.